The average Bonchev–Trinajstić information content (AvgIpc) is 2.98. The summed E-state index contributed by atoms with van der Waals surface area (Å²) >= 11 is 0. The predicted molar refractivity (Wildman–Crippen MR) is 119 cm³/mol. The van der Waals surface area contributed by atoms with Crippen molar-refractivity contribution in [3.8, 4) is 0 Å². The van der Waals surface area contributed by atoms with Crippen LogP contribution in [-0.4, -0.2) is 49.1 Å². The first-order valence-electron chi connectivity index (χ1n) is 9.29. The molecule has 5 heteroatoms. The summed E-state index contributed by atoms with van der Waals surface area (Å²) in [5.74, 6) is 1.61. The first-order chi connectivity index (χ1) is 11.5. The molecular formula is C20H35IN4. The maximum Gasteiger partial charge on any atom is 0.191 e. The number of benzene rings is 1. The molecular weight excluding hydrogens is 423 g/mol. The van der Waals surface area contributed by atoms with Gasteiger partial charge in [-0.2, -0.15) is 0 Å². The Bertz CT molecular complexity index is 510. The van der Waals surface area contributed by atoms with Crippen molar-refractivity contribution in [3.63, 3.8) is 0 Å². The molecule has 1 aromatic carbocycles. The van der Waals surface area contributed by atoms with Crippen LogP contribution in [-0.2, 0) is 6.42 Å². The van der Waals surface area contributed by atoms with Crippen LogP contribution in [0.1, 0.15) is 39.7 Å². The molecule has 0 amide bonds. The van der Waals surface area contributed by atoms with E-state index in [1.165, 1.54) is 25.1 Å². The highest BCUT2D eigenvalue weighted by Gasteiger charge is 2.22. The number of rotatable bonds is 6. The summed E-state index contributed by atoms with van der Waals surface area (Å²) in [4.78, 5) is 7.38. The normalized spacial score (nSPS) is 18.7. The topological polar surface area (TPSA) is 39.7 Å². The second kappa shape index (κ2) is 11.0. The van der Waals surface area contributed by atoms with Crippen LogP contribution in [0.5, 0.6) is 0 Å². The van der Waals surface area contributed by atoms with Crippen molar-refractivity contribution in [2.45, 2.75) is 46.1 Å². The smallest absolute Gasteiger partial charge is 0.191 e. The van der Waals surface area contributed by atoms with E-state index in [0.717, 1.165) is 32.0 Å². The number of guanidine groups is 1. The van der Waals surface area contributed by atoms with E-state index >= 15 is 0 Å². The highest BCUT2D eigenvalue weighted by atomic mass is 127. The lowest BCUT2D eigenvalue weighted by atomic mass is 10.1. The van der Waals surface area contributed by atoms with Crippen molar-refractivity contribution < 1.29 is 0 Å². The molecule has 25 heavy (non-hydrogen) atoms. The van der Waals surface area contributed by atoms with E-state index in [-0.39, 0.29) is 29.5 Å². The van der Waals surface area contributed by atoms with Gasteiger partial charge in [0, 0.05) is 31.7 Å². The van der Waals surface area contributed by atoms with Crippen molar-refractivity contribution >= 4 is 29.9 Å². The summed E-state index contributed by atoms with van der Waals surface area (Å²) in [5, 5.41) is 6.81. The van der Waals surface area contributed by atoms with E-state index in [1.54, 1.807) is 0 Å². The molecule has 142 valence electrons. The van der Waals surface area contributed by atoms with Crippen LogP contribution in [0.15, 0.2) is 35.3 Å². The fraction of sp³-hybridized carbons (Fsp3) is 0.650. The van der Waals surface area contributed by atoms with Crippen molar-refractivity contribution in [2.75, 3.05) is 32.7 Å². The minimum absolute atomic E-state index is 0. The number of likely N-dealkylation sites (tertiary alicyclic amines) is 1. The molecule has 1 unspecified atom stereocenters. The Morgan fingerprint density at radius 2 is 1.96 bits per heavy atom. The van der Waals surface area contributed by atoms with Gasteiger partial charge in [-0.15, -0.1) is 24.0 Å². The summed E-state index contributed by atoms with van der Waals surface area (Å²) in [6.45, 7) is 14.0. The maximum absolute atomic E-state index is 4.80. The molecule has 0 bridgehead atoms. The molecule has 0 aliphatic carbocycles. The Balaban J connectivity index is 0.00000312. The monoisotopic (exact) mass is 458 g/mol. The summed E-state index contributed by atoms with van der Waals surface area (Å²) in [6, 6.07) is 10.8. The van der Waals surface area contributed by atoms with E-state index in [2.05, 4.69) is 73.6 Å². The van der Waals surface area contributed by atoms with Crippen LogP contribution in [0.25, 0.3) is 0 Å². The molecule has 0 spiro atoms. The zero-order chi connectivity index (χ0) is 17.4. The second-order valence-electron chi connectivity index (χ2n) is 7.79. The fourth-order valence-corrected chi connectivity index (χ4v) is 3.08. The highest BCUT2D eigenvalue weighted by molar-refractivity contribution is 14.0. The van der Waals surface area contributed by atoms with Crippen LogP contribution in [0, 0.1) is 5.92 Å². The molecule has 4 nitrogen and oxygen atoms in total. The number of halogens is 1. The SMILES string of the molecule is CCNC(=NCC1CCN(CCc2ccccc2)C1)NC(C)(C)C.I. The van der Waals surface area contributed by atoms with Crippen LogP contribution in [0.2, 0.25) is 0 Å². The third-order valence-electron chi connectivity index (χ3n) is 4.27. The summed E-state index contributed by atoms with van der Waals surface area (Å²) < 4.78 is 0. The summed E-state index contributed by atoms with van der Waals surface area (Å²) in [5.41, 5.74) is 1.47. The lowest BCUT2D eigenvalue weighted by Crippen LogP contribution is -2.47. The zero-order valence-corrected chi connectivity index (χ0v) is 18.5. The van der Waals surface area contributed by atoms with Gasteiger partial charge in [-0.1, -0.05) is 30.3 Å². The number of nitrogens with zero attached hydrogens (tertiary/aromatic N) is 2. The second-order valence-corrected chi connectivity index (χ2v) is 7.79. The zero-order valence-electron chi connectivity index (χ0n) is 16.2. The lowest BCUT2D eigenvalue weighted by Gasteiger charge is -2.24. The fourth-order valence-electron chi connectivity index (χ4n) is 3.08. The Hall–Kier alpha value is -0.820. The van der Waals surface area contributed by atoms with Crippen LogP contribution in [0.3, 0.4) is 0 Å². The molecule has 1 aliphatic rings. The molecule has 1 heterocycles. The molecule has 1 saturated heterocycles. The van der Waals surface area contributed by atoms with Gasteiger partial charge >= 0.3 is 0 Å². The van der Waals surface area contributed by atoms with Crippen molar-refractivity contribution in [1.82, 2.24) is 15.5 Å². The van der Waals surface area contributed by atoms with E-state index in [0.29, 0.717) is 5.92 Å². The standard InChI is InChI=1S/C20H34N4.HI/c1-5-21-19(23-20(2,3)4)22-15-18-12-14-24(16-18)13-11-17-9-7-6-8-10-17;/h6-10,18H,5,11-16H2,1-4H3,(H2,21,22,23);1H. The number of hydrogen-bond donors (Lipinski definition) is 2. The third-order valence-corrected chi connectivity index (χ3v) is 4.27. The van der Waals surface area contributed by atoms with Gasteiger partial charge in [0.2, 0.25) is 0 Å². The third kappa shape index (κ3) is 8.90. The Morgan fingerprint density at radius 1 is 1.24 bits per heavy atom. The Labute approximate surface area is 170 Å². The molecule has 2 rings (SSSR count). The number of nitrogens with one attached hydrogen (secondary N) is 2. The van der Waals surface area contributed by atoms with Crippen LogP contribution < -0.4 is 10.6 Å². The van der Waals surface area contributed by atoms with Gasteiger partial charge in [-0.05, 0) is 58.6 Å². The summed E-state index contributed by atoms with van der Waals surface area (Å²) in [6.07, 6.45) is 2.40. The molecule has 0 saturated carbocycles. The molecule has 2 N–H and O–H groups in total. The molecule has 1 aliphatic heterocycles. The van der Waals surface area contributed by atoms with Gasteiger partial charge in [0.1, 0.15) is 0 Å². The Kier molecular flexibility index (Phi) is 9.79. The quantitative estimate of drug-likeness (QED) is 0.389. The summed E-state index contributed by atoms with van der Waals surface area (Å²) in [7, 11) is 0. The van der Waals surface area contributed by atoms with Gasteiger partial charge in [0.25, 0.3) is 0 Å². The van der Waals surface area contributed by atoms with Gasteiger partial charge in [0.05, 0.1) is 0 Å². The first kappa shape index (κ1) is 22.2. The van der Waals surface area contributed by atoms with Crippen molar-refractivity contribution in [3.05, 3.63) is 35.9 Å². The van der Waals surface area contributed by atoms with E-state index in [1.807, 2.05) is 0 Å². The van der Waals surface area contributed by atoms with Gasteiger partial charge < -0.3 is 15.5 Å². The van der Waals surface area contributed by atoms with Crippen molar-refractivity contribution in [1.29, 1.82) is 0 Å². The highest BCUT2D eigenvalue weighted by Crippen LogP contribution is 2.17. The lowest BCUT2D eigenvalue weighted by molar-refractivity contribution is 0.329. The number of hydrogen-bond acceptors (Lipinski definition) is 2. The molecule has 1 aromatic rings. The van der Waals surface area contributed by atoms with Crippen molar-refractivity contribution in [2.24, 2.45) is 10.9 Å². The Morgan fingerprint density at radius 3 is 2.60 bits per heavy atom. The molecule has 0 aromatic heterocycles. The largest absolute Gasteiger partial charge is 0.357 e. The minimum atomic E-state index is 0. The van der Waals surface area contributed by atoms with E-state index in [4.69, 9.17) is 4.99 Å². The first-order valence-corrected chi connectivity index (χ1v) is 9.29. The van der Waals surface area contributed by atoms with E-state index in [9.17, 15) is 0 Å². The molecule has 0 radical (unpaired) electrons. The van der Waals surface area contributed by atoms with E-state index < -0.39 is 0 Å². The van der Waals surface area contributed by atoms with Crippen LogP contribution in [0.4, 0.5) is 0 Å². The predicted octanol–water partition coefficient (Wildman–Crippen LogP) is 3.52. The average molecular weight is 458 g/mol. The molecule has 1 fully saturated rings. The number of aliphatic imine (C=N–C) groups is 1. The van der Waals surface area contributed by atoms with Gasteiger partial charge in [0.15, 0.2) is 5.96 Å². The maximum atomic E-state index is 4.80. The van der Waals surface area contributed by atoms with Gasteiger partial charge in [-0.25, -0.2) is 0 Å². The van der Waals surface area contributed by atoms with Gasteiger partial charge in [-0.3, -0.25) is 4.99 Å². The van der Waals surface area contributed by atoms with Crippen LogP contribution >= 0.6 is 24.0 Å². The molecule has 1 atom stereocenters. The minimum Gasteiger partial charge on any atom is -0.357 e.